The van der Waals surface area contributed by atoms with E-state index < -0.39 is 17.7 Å². The van der Waals surface area contributed by atoms with Gasteiger partial charge in [-0.15, -0.1) is 0 Å². The highest BCUT2D eigenvalue weighted by atomic mass is 19.1. The molecule has 0 aliphatic carbocycles. The zero-order valence-corrected chi connectivity index (χ0v) is 10.7. The number of nitrogen functional groups attached to an aromatic ring is 1. The Morgan fingerprint density at radius 3 is 2.43 bits per heavy atom. The molecule has 0 bridgehead atoms. The number of hydrogen-bond acceptors (Lipinski definition) is 3. The van der Waals surface area contributed by atoms with Crippen molar-refractivity contribution in [3.05, 3.63) is 53.6 Å². The smallest absolute Gasteiger partial charge is 0.323 e. The number of nitrogens with one attached hydrogen (secondary N) is 2. The number of rotatable bonds is 2. The van der Waals surface area contributed by atoms with E-state index in [1.807, 2.05) is 6.07 Å². The Labute approximate surface area is 119 Å². The molecule has 0 fully saturated rings. The third kappa shape index (κ3) is 3.45. The molecule has 0 radical (unpaired) electrons. The Bertz CT molecular complexity index is 740. The first-order valence-electron chi connectivity index (χ1n) is 5.82. The van der Waals surface area contributed by atoms with Crippen LogP contribution in [0.2, 0.25) is 0 Å². The lowest BCUT2D eigenvalue weighted by molar-refractivity contribution is 0.262. The standard InChI is InChI=1S/C14H10F2N4O/c15-9-1-3-13(11(16)6-9)20-14(21)19-12-4-2-10(18)5-8(12)7-17/h1-6H,18H2,(H2,19,20,21). The molecule has 0 spiro atoms. The van der Waals surface area contributed by atoms with E-state index in [0.717, 1.165) is 12.1 Å². The van der Waals surface area contributed by atoms with Crippen molar-refractivity contribution in [2.75, 3.05) is 16.4 Å². The van der Waals surface area contributed by atoms with Crippen LogP contribution in [0.15, 0.2) is 36.4 Å². The van der Waals surface area contributed by atoms with E-state index in [2.05, 4.69) is 10.6 Å². The zero-order valence-electron chi connectivity index (χ0n) is 10.7. The minimum absolute atomic E-state index is 0.171. The third-order valence-electron chi connectivity index (χ3n) is 2.59. The van der Waals surface area contributed by atoms with Crippen LogP contribution in [0.1, 0.15) is 5.56 Å². The van der Waals surface area contributed by atoms with Crippen molar-refractivity contribution in [1.82, 2.24) is 0 Å². The van der Waals surface area contributed by atoms with Crippen molar-refractivity contribution in [3.8, 4) is 6.07 Å². The van der Waals surface area contributed by atoms with Crippen molar-refractivity contribution >= 4 is 23.1 Å². The fraction of sp³-hybridized carbons (Fsp3) is 0. The predicted molar refractivity (Wildman–Crippen MR) is 74.6 cm³/mol. The Morgan fingerprint density at radius 2 is 1.76 bits per heavy atom. The number of halogens is 2. The maximum atomic E-state index is 13.4. The minimum atomic E-state index is -0.900. The molecular weight excluding hydrogens is 278 g/mol. The molecule has 2 aromatic carbocycles. The first-order valence-corrected chi connectivity index (χ1v) is 5.82. The summed E-state index contributed by atoms with van der Waals surface area (Å²) < 4.78 is 26.1. The molecule has 0 aliphatic heterocycles. The van der Waals surface area contributed by atoms with Crippen LogP contribution in [0.25, 0.3) is 0 Å². The molecule has 5 nitrogen and oxygen atoms in total. The van der Waals surface area contributed by atoms with Crippen LogP contribution < -0.4 is 16.4 Å². The van der Waals surface area contributed by atoms with E-state index in [4.69, 9.17) is 11.0 Å². The van der Waals surface area contributed by atoms with Gasteiger partial charge in [-0.3, -0.25) is 0 Å². The fourth-order valence-electron chi connectivity index (χ4n) is 1.63. The first-order chi connectivity index (χ1) is 9.99. The summed E-state index contributed by atoms with van der Waals surface area (Å²) >= 11 is 0. The molecule has 0 atom stereocenters. The SMILES string of the molecule is N#Cc1cc(N)ccc1NC(=O)Nc1ccc(F)cc1F. The van der Waals surface area contributed by atoms with E-state index in [1.54, 1.807) is 0 Å². The van der Waals surface area contributed by atoms with Gasteiger partial charge in [-0.1, -0.05) is 0 Å². The van der Waals surface area contributed by atoms with Crippen LogP contribution in [0.3, 0.4) is 0 Å². The largest absolute Gasteiger partial charge is 0.399 e. The third-order valence-corrected chi connectivity index (χ3v) is 2.59. The molecule has 21 heavy (non-hydrogen) atoms. The molecule has 0 unspecified atom stereocenters. The lowest BCUT2D eigenvalue weighted by Gasteiger charge is -2.10. The van der Waals surface area contributed by atoms with Gasteiger partial charge >= 0.3 is 6.03 Å². The molecule has 106 valence electrons. The number of benzene rings is 2. The second-order valence-electron chi connectivity index (χ2n) is 4.12. The van der Waals surface area contributed by atoms with E-state index in [0.29, 0.717) is 11.8 Å². The molecule has 2 rings (SSSR count). The van der Waals surface area contributed by atoms with Gasteiger partial charge in [0.15, 0.2) is 0 Å². The quantitative estimate of drug-likeness (QED) is 0.742. The van der Waals surface area contributed by atoms with Gasteiger partial charge in [-0.2, -0.15) is 5.26 Å². The predicted octanol–water partition coefficient (Wildman–Crippen LogP) is 3.06. The Kier molecular flexibility index (Phi) is 4.00. The lowest BCUT2D eigenvalue weighted by atomic mass is 10.2. The molecule has 0 saturated heterocycles. The second-order valence-corrected chi connectivity index (χ2v) is 4.12. The molecule has 2 amide bonds. The highest BCUT2D eigenvalue weighted by Crippen LogP contribution is 2.19. The van der Waals surface area contributed by atoms with Crippen LogP contribution in [-0.2, 0) is 0 Å². The normalized spacial score (nSPS) is 9.76. The zero-order chi connectivity index (χ0) is 15.4. The van der Waals surface area contributed by atoms with Crippen molar-refractivity contribution < 1.29 is 13.6 Å². The van der Waals surface area contributed by atoms with E-state index >= 15 is 0 Å². The Hall–Kier alpha value is -3.14. The van der Waals surface area contributed by atoms with Crippen LogP contribution in [-0.4, -0.2) is 6.03 Å². The van der Waals surface area contributed by atoms with Crippen molar-refractivity contribution in [2.24, 2.45) is 0 Å². The molecule has 4 N–H and O–H groups in total. The average molecular weight is 288 g/mol. The van der Waals surface area contributed by atoms with E-state index in [9.17, 15) is 13.6 Å². The van der Waals surface area contributed by atoms with Gasteiger partial charge in [0, 0.05) is 11.8 Å². The monoisotopic (exact) mass is 288 g/mol. The summed E-state index contributed by atoms with van der Waals surface area (Å²) in [5.74, 6) is -1.65. The Balaban J connectivity index is 2.14. The molecule has 2 aromatic rings. The van der Waals surface area contributed by atoms with Gasteiger partial charge in [-0.05, 0) is 30.3 Å². The number of nitrogens with two attached hydrogens (primary N) is 1. The lowest BCUT2D eigenvalue weighted by Crippen LogP contribution is -2.20. The van der Waals surface area contributed by atoms with Gasteiger partial charge in [0.2, 0.25) is 0 Å². The molecule has 0 aliphatic rings. The first kappa shape index (κ1) is 14.3. The number of nitriles is 1. The topological polar surface area (TPSA) is 90.9 Å². The van der Waals surface area contributed by atoms with Crippen molar-refractivity contribution in [2.45, 2.75) is 0 Å². The summed E-state index contributed by atoms with van der Waals surface area (Å²) in [6.07, 6.45) is 0. The van der Waals surface area contributed by atoms with Gasteiger partial charge in [-0.25, -0.2) is 13.6 Å². The summed E-state index contributed by atoms with van der Waals surface area (Å²) in [6, 6.07) is 8.24. The highest BCUT2D eigenvalue weighted by Gasteiger charge is 2.10. The van der Waals surface area contributed by atoms with Crippen LogP contribution >= 0.6 is 0 Å². The van der Waals surface area contributed by atoms with E-state index in [-0.39, 0.29) is 16.9 Å². The number of urea groups is 1. The summed E-state index contributed by atoms with van der Waals surface area (Å²) in [6.45, 7) is 0. The summed E-state index contributed by atoms with van der Waals surface area (Å²) in [5, 5.41) is 13.6. The van der Waals surface area contributed by atoms with Crippen molar-refractivity contribution in [3.63, 3.8) is 0 Å². The molecule has 0 aromatic heterocycles. The van der Waals surface area contributed by atoms with E-state index in [1.165, 1.54) is 18.2 Å². The maximum Gasteiger partial charge on any atom is 0.323 e. The van der Waals surface area contributed by atoms with Crippen molar-refractivity contribution in [1.29, 1.82) is 5.26 Å². The number of hydrogen-bond donors (Lipinski definition) is 3. The van der Waals surface area contributed by atoms with Gasteiger partial charge in [0.1, 0.15) is 17.7 Å². The number of nitrogens with zero attached hydrogens (tertiary/aromatic N) is 1. The van der Waals surface area contributed by atoms with Crippen LogP contribution in [0.4, 0.5) is 30.6 Å². The van der Waals surface area contributed by atoms with Crippen LogP contribution in [0, 0.1) is 23.0 Å². The van der Waals surface area contributed by atoms with Gasteiger partial charge < -0.3 is 16.4 Å². The highest BCUT2D eigenvalue weighted by molar-refractivity contribution is 6.00. The van der Waals surface area contributed by atoms with Crippen LogP contribution in [0.5, 0.6) is 0 Å². The van der Waals surface area contributed by atoms with Gasteiger partial charge in [0.05, 0.1) is 16.9 Å². The summed E-state index contributed by atoms with van der Waals surface area (Å²) in [5.41, 5.74) is 6.13. The molecular formula is C14H10F2N4O. The number of carbonyl (C=O) groups excluding carboxylic acids is 1. The number of carbonyl (C=O) groups is 1. The minimum Gasteiger partial charge on any atom is -0.399 e. The molecule has 0 heterocycles. The summed E-state index contributed by atoms with van der Waals surface area (Å²) in [7, 11) is 0. The molecule has 0 saturated carbocycles. The maximum absolute atomic E-state index is 13.4. The average Bonchev–Trinajstić information content (AvgIpc) is 2.44. The number of amides is 2. The molecule has 7 heteroatoms. The number of anilines is 3. The fourth-order valence-corrected chi connectivity index (χ4v) is 1.63. The second kappa shape index (κ2) is 5.88. The Morgan fingerprint density at radius 1 is 1.10 bits per heavy atom. The summed E-state index contributed by atoms with van der Waals surface area (Å²) in [4.78, 5) is 11.7. The van der Waals surface area contributed by atoms with Gasteiger partial charge in [0.25, 0.3) is 0 Å².